The Hall–Kier alpha value is -1.68. The highest BCUT2D eigenvalue weighted by Crippen LogP contribution is 2.50. The van der Waals surface area contributed by atoms with Crippen LogP contribution >= 0.6 is 11.3 Å². The number of hydrogen-bond donors (Lipinski definition) is 0. The summed E-state index contributed by atoms with van der Waals surface area (Å²) in [5.41, 5.74) is -0.0832. The van der Waals surface area contributed by atoms with Crippen molar-refractivity contribution in [1.29, 1.82) is 0 Å². The van der Waals surface area contributed by atoms with Gasteiger partial charge >= 0.3 is 0 Å². The molecule has 1 amide bonds. The van der Waals surface area contributed by atoms with Crippen LogP contribution in [0.25, 0.3) is 0 Å². The Balaban J connectivity index is 1.81. The zero-order chi connectivity index (χ0) is 14.2. The fourth-order valence-corrected chi connectivity index (χ4v) is 3.40. The van der Waals surface area contributed by atoms with Gasteiger partial charge in [0.05, 0.1) is 12.0 Å². The lowest BCUT2D eigenvalue weighted by Gasteiger charge is -2.23. The van der Waals surface area contributed by atoms with E-state index in [0.717, 1.165) is 17.7 Å². The van der Waals surface area contributed by atoms with E-state index >= 15 is 0 Å². The Morgan fingerprint density at radius 2 is 2.05 bits per heavy atom. The molecule has 1 saturated carbocycles. The summed E-state index contributed by atoms with van der Waals surface area (Å²) in [6, 6.07) is 10.6. The van der Waals surface area contributed by atoms with Gasteiger partial charge in [-0.25, -0.2) is 4.39 Å². The van der Waals surface area contributed by atoms with Crippen molar-refractivity contribution in [2.45, 2.75) is 24.8 Å². The van der Waals surface area contributed by atoms with Crippen LogP contribution in [0.3, 0.4) is 0 Å². The normalized spacial score (nSPS) is 15.9. The standard InChI is InChI=1S/C16H16FNOS/c1-18(11-12-5-4-10-20-12)15(19)16(8-9-16)13-6-2-3-7-14(13)17/h2-7,10H,8-9,11H2,1H3. The second-order valence-corrected chi connectivity index (χ2v) is 6.33. The summed E-state index contributed by atoms with van der Waals surface area (Å²) in [6.07, 6.45) is 1.48. The maximum Gasteiger partial charge on any atom is 0.233 e. The number of halogens is 1. The van der Waals surface area contributed by atoms with E-state index in [1.807, 2.05) is 17.5 Å². The molecule has 1 aliphatic rings. The van der Waals surface area contributed by atoms with Gasteiger partial charge in [0.15, 0.2) is 0 Å². The first-order chi connectivity index (χ1) is 9.63. The van der Waals surface area contributed by atoms with E-state index in [1.54, 1.807) is 41.5 Å². The molecule has 3 rings (SSSR count). The number of likely N-dealkylation sites (N-methyl/N-ethyl adjacent to an activating group) is 1. The predicted molar refractivity (Wildman–Crippen MR) is 78.1 cm³/mol. The fraction of sp³-hybridized carbons (Fsp3) is 0.312. The molecule has 1 heterocycles. The van der Waals surface area contributed by atoms with Crippen LogP contribution in [-0.2, 0) is 16.8 Å². The SMILES string of the molecule is CN(Cc1cccs1)C(=O)C1(c2ccccc2F)CC1. The summed E-state index contributed by atoms with van der Waals surface area (Å²) < 4.78 is 14.0. The van der Waals surface area contributed by atoms with Gasteiger partial charge in [-0.3, -0.25) is 4.79 Å². The number of carbonyl (C=O) groups excluding carboxylic acids is 1. The van der Waals surface area contributed by atoms with Crippen molar-refractivity contribution in [2.24, 2.45) is 0 Å². The van der Waals surface area contributed by atoms with Gasteiger partial charge in [0, 0.05) is 17.5 Å². The van der Waals surface area contributed by atoms with Gasteiger partial charge in [-0.2, -0.15) is 0 Å². The van der Waals surface area contributed by atoms with Crippen molar-refractivity contribution in [2.75, 3.05) is 7.05 Å². The van der Waals surface area contributed by atoms with Gasteiger partial charge in [0.25, 0.3) is 0 Å². The number of rotatable bonds is 4. The van der Waals surface area contributed by atoms with Crippen molar-refractivity contribution < 1.29 is 9.18 Å². The Morgan fingerprint density at radius 3 is 2.65 bits per heavy atom. The summed E-state index contributed by atoms with van der Waals surface area (Å²) in [7, 11) is 1.79. The number of hydrogen-bond acceptors (Lipinski definition) is 2. The fourth-order valence-electron chi connectivity index (χ4n) is 2.65. The summed E-state index contributed by atoms with van der Waals surface area (Å²) in [4.78, 5) is 15.5. The molecule has 104 valence electrons. The van der Waals surface area contributed by atoms with Crippen molar-refractivity contribution in [3.8, 4) is 0 Å². The highest BCUT2D eigenvalue weighted by Gasteiger charge is 2.53. The molecule has 2 aromatic rings. The molecule has 1 aliphatic carbocycles. The van der Waals surface area contributed by atoms with E-state index in [1.165, 1.54) is 6.07 Å². The summed E-state index contributed by atoms with van der Waals surface area (Å²) in [5.74, 6) is -0.251. The van der Waals surface area contributed by atoms with Crippen LogP contribution in [0.1, 0.15) is 23.3 Å². The highest BCUT2D eigenvalue weighted by atomic mass is 32.1. The molecule has 0 unspecified atom stereocenters. The van der Waals surface area contributed by atoms with Crippen molar-refractivity contribution in [3.63, 3.8) is 0 Å². The number of benzene rings is 1. The lowest BCUT2D eigenvalue weighted by Crippen LogP contribution is -2.36. The van der Waals surface area contributed by atoms with Crippen LogP contribution in [-0.4, -0.2) is 17.9 Å². The number of amides is 1. The molecular weight excluding hydrogens is 273 g/mol. The zero-order valence-electron chi connectivity index (χ0n) is 11.3. The lowest BCUT2D eigenvalue weighted by atomic mass is 9.94. The molecule has 0 saturated heterocycles. The summed E-state index contributed by atoms with van der Waals surface area (Å²) in [5, 5.41) is 2.00. The third kappa shape index (κ3) is 2.24. The van der Waals surface area contributed by atoms with E-state index in [0.29, 0.717) is 12.1 Å². The van der Waals surface area contributed by atoms with Gasteiger partial charge in [-0.15, -0.1) is 11.3 Å². The van der Waals surface area contributed by atoms with Gasteiger partial charge in [0.2, 0.25) is 5.91 Å². The third-order valence-electron chi connectivity index (χ3n) is 3.87. The Morgan fingerprint density at radius 1 is 1.30 bits per heavy atom. The van der Waals surface area contributed by atoms with Gasteiger partial charge in [0.1, 0.15) is 5.82 Å². The van der Waals surface area contributed by atoms with E-state index in [-0.39, 0.29) is 11.7 Å². The molecule has 0 atom stereocenters. The van der Waals surface area contributed by atoms with Crippen molar-refractivity contribution in [3.05, 3.63) is 58.0 Å². The lowest BCUT2D eigenvalue weighted by molar-refractivity contribution is -0.133. The minimum atomic E-state index is -0.628. The maximum absolute atomic E-state index is 14.0. The molecule has 2 nitrogen and oxygen atoms in total. The Kier molecular flexibility index (Phi) is 3.34. The first-order valence-electron chi connectivity index (χ1n) is 6.66. The first-order valence-corrected chi connectivity index (χ1v) is 7.54. The molecule has 1 aromatic heterocycles. The highest BCUT2D eigenvalue weighted by molar-refractivity contribution is 7.09. The Labute approximate surface area is 121 Å². The van der Waals surface area contributed by atoms with Crippen molar-refractivity contribution in [1.82, 2.24) is 4.90 Å². The molecule has 0 N–H and O–H groups in total. The second kappa shape index (κ2) is 5.02. The minimum Gasteiger partial charge on any atom is -0.340 e. The third-order valence-corrected chi connectivity index (χ3v) is 4.73. The average molecular weight is 289 g/mol. The minimum absolute atomic E-state index is 0.0241. The van der Waals surface area contributed by atoms with Crippen LogP contribution in [0.5, 0.6) is 0 Å². The van der Waals surface area contributed by atoms with Crippen LogP contribution < -0.4 is 0 Å². The first kappa shape index (κ1) is 13.3. The summed E-state index contributed by atoms with van der Waals surface area (Å²) in [6.45, 7) is 0.590. The monoisotopic (exact) mass is 289 g/mol. The van der Waals surface area contributed by atoms with E-state index < -0.39 is 5.41 Å². The maximum atomic E-state index is 14.0. The van der Waals surface area contributed by atoms with E-state index in [2.05, 4.69) is 0 Å². The second-order valence-electron chi connectivity index (χ2n) is 5.30. The smallest absolute Gasteiger partial charge is 0.233 e. The van der Waals surface area contributed by atoms with Crippen LogP contribution in [0.2, 0.25) is 0 Å². The molecule has 0 radical (unpaired) electrons. The molecule has 4 heteroatoms. The molecule has 0 bridgehead atoms. The number of nitrogens with zero attached hydrogens (tertiary/aromatic N) is 1. The van der Waals surface area contributed by atoms with Crippen molar-refractivity contribution >= 4 is 17.2 Å². The Bertz CT molecular complexity index is 619. The number of thiophene rings is 1. The quantitative estimate of drug-likeness (QED) is 0.842. The van der Waals surface area contributed by atoms with Crippen LogP contribution in [0.4, 0.5) is 4.39 Å². The zero-order valence-corrected chi connectivity index (χ0v) is 12.1. The average Bonchev–Trinajstić information content (AvgIpc) is 3.09. The van der Waals surface area contributed by atoms with Gasteiger partial charge < -0.3 is 4.90 Å². The van der Waals surface area contributed by atoms with E-state index in [4.69, 9.17) is 0 Å². The molecule has 20 heavy (non-hydrogen) atoms. The van der Waals surface area contributed by atoms with E-state index in [9.17, 15) is 9.18 Å². The van der Waals surface area contributed by atoms with Crippen LogP contribution in [0.15, 0.2) is 41.8 Å². The summed E-state index contributed by atoms with van der Waals surface area (Å²) >= 11 is 1.63. The predicted octanol–water partition coefficient (Wildman–Crippen LogP) is 3.58. The topological polar surface area (TPSA) is 20.3 Å². The molecular formula is C16H16FNOS. The molecule has 0 aliphatic heterocycles. The molecule has 1 aromatic carbocycles. The number of carbonyl (C=O) groups is 1. The molecule has 1 fully saturated rings. The van der Waals surface area contributed by atoms with Crippen LogP contribution in [0, 0.1) is 5.82 Å². The van der Waals surface area contributed by atoms with Gasteiger partial charge in [-0.05, 0) is 30.4 Å². The molecule has 0 spiro atoms. The largest absolute Gasteiger partial charge is 0.340 e. The van der Waals surface area contributed by atoms with Gasteiger partial charge in [-0.1, -0.05) is 24.3 Å².